The third-order valence-corrected chi connectivity index (χ3v) is 3.46. The van der Waals surface area contributed by atoms with Crippen molar-refractivity contribution in [2.45, 2.75) is 64.3 Å². The highest BCUT2D eigenvalue weighted by molar-refractivity contribution is 5.76. The van der Waals surface area contributed by atoms with Crippen molar-refractivity contribution in [3.63, 3.8) is 0 Å². The Morgan fingerprint density at radius 2 is 2.12 bits per heavy atom. The second-order valence-electron chi connectivity index (χ2n) is 5.04. The van der Waals surface area contributed by atoms with Crippen LogP contribution in [0.5, 0.6) is 0 Å². The molecule has 1 aliphatic rings. The zero-order valence-electron chi connectivity index (χ0n) is 10.5. The Morgan fingerprint density at radius 3 is 2.75 bits per heavy atom. The molecule has 0 aliphatic heterocycles. The number of carbonyl (C=O) groups excluding carboxylic acids is 1. The number of hydrogen-bond acceptors (Lipinski definition) is 2. The summed E-state index contributed by atoms with van der Waals surface area (Å²) in [5.74, 6) is 0.976. The SMILES string of the molecule is CCCC(N)CC(=O)NCCC1CCCC1. The summed E-state index contributed by atoms with van der Waals surface area (Å²) in [5.41, 5.74) is 5.82. The maximum absolute atomic E-state index is 11.5. The van der Waals surface area contributed by atoms with Gasteiger partial charge in [0.05, 0.1) is 0 Å². The summed E-state index contributed by atoms with van der Waals surface area (Å²) >= 11 is 0. The van der Waals surface area contributed by atoms with Crippen LogP contribution in [0.3, 0.4) is 0 Å². The fourth-order valence-electron chi connectivity index (χ4n) is 2.50. The van der Waals surface area contributed by atoms with Crippen LogP contribution < -0.4 is 11.1 Å². The van der Waals surface area contributed by atoms with Crippen LogP contribution >= 0.6 is 0 Å². The van der Waals surface area contributed by atoms with Gasteiger partial charge < -0.3 is 11.1 Å². The van der Waals surface area contributed by atoms with Crippen LogP contribution in [0.2, 0.25) is 0 Å². The minimum atomic E-state index is 0.0384. The smallest absolute Gasteiger partial charge is 0.221 e. The molecule has 3 heteroatoms. The van der Waals surface area contributed by atoms with Crippen LogP contribution in [0.15, 0.2) is 0 Å². The van der Waals surface area contributed by atoms with Crippen molar-refractivity contribution in [2.24, 2.45) is 11.7 Å². The zero-order valence-corrected chi connectivity index (χ0v) is 10.5. The highest BCUT2D eigenvalue weighted by Crippen LogP contribution is 2.26. The number of nitrogens with two attached hydrogens (primary N) is 1. The molecule has 0 aromatic rings. The molecule has 1 atom stereocenters. The van der Waals surface area contributed by atoms with Gasteiger partial charge in [-0.2, -0.15) is 0 Å². The van der Waals surface area contributed by atoms with Gasteiger partial charge in [-0.25, -0.2) is 0 Å². The van der Waals surface area contributed by atoms with Gasteiger partial charge >= 0.3 is 0 Å². The summed E-state index contributed by atoms with van der Waals surface area (Å²) in [6, 6.07) is 0.0384. The van der Waals surface area contributed by atoms with E-state index in [4.69, 9.17) is 5.73 Å². The van der Waals surface area contributed by atoms with Crippen LogP contribution in [-0.2, 0) is 4.79 Å². The average molecular weight is 226 g/mol. The average Bonchev–Trinajstić information content (AvgIpc) is 2.70. The van der Waals surface area contributed by atoms with Gasteiger partial charge in [-0.3, -0.25) is 4.79 Å². The molecule has 0 saturated heterocycles. The van der Waals surface area contributed by atoms with Gasteiger partial charge in [0.2, 0.25) is 5.91 Å². The van der Waals surface area contributed by atoms with Crippen LogP contribution in [0, 0.1) is 5.92 Å². The Kier molecular flexibility index (Phi) is 6.46. The van der Waals surface area contributed by atoms with Gasteiger partial charge in [0.1, 0.15) is 0 Å². The predicted molar refractivity (Wildman–Crippen MR) is 67.1 cm³/mol. The minimum Gasteiger partial charge on any atom is -0.356 e. The highest BCUT2D eigenvalue weighted by atomic mass is 16.1. The van der Waals surface area contributed by atoms with E-state index in [1.807, 2.05) is 0 Å². The summed E-state index contributed by atoms with van der Waals surface area (Å²) in [6.07, 6.45) is 9.08. The molecule has 1 rings (SSSR count). The lowest BCUT2D eigenvalue weighted by molar-refractivity contribution is -0.121. The quantitative estimate of drug-likeness (QED) is 0.699. The van der Waals surface area contributed by atoms with E-state index in [1.165, 1.54) is 25.7 Å². The first-order valence-corrected chi connectivity index (χ1v) is 6.74. The van der Waals surface area contributed by atoms with Crippen molar-refractivity contribution in [3.8, 4) is 0 Å². The lowest BCUT2D eigenvalue weighted by Crippen LogP contribution is -2.32. The van der Waals surface area contributed by atoms with Gasteiger partial charge in [0.15, 0.2) is 0 Å². The first-order chi connectivity index (χ1) is 7.72. The molecule has 0 spiro atoms. The highest BCUT2D eigenvalue weighted by Gasteiger charge is 2.15. The summed E-state index contributed by atoms with van der Waals surface area (Å²) < 4.78 is 0. The number of nitrogens with one attached hydrogen (secondary N) is 1. The maximum Gasteiger partial charge on any atom is 0.221 e. The molecule has 1 saturated carbocycles. The molecule has 3 nitrogen and oxygen atoms in total. The molecule has 0 radical (unpaired) electrons. The number of hydrogen-bond donors (Lipinski definition) is 2. The largest absolute Gasteiger partial charge is 0.356 e. The fourth-order valence-corrected chi connectivity index (χ4v) is 2.50. The Labute approximate surface area is 99.2 Å². The van der Waals surface area contributed by atoms with Gasteiger partial charge in [-0.05, 0) is 18.8 Å². The van der Waals surface area contributed by atoms with Crippen molar-refractivity contribution in [3.05, 3.63) is 0 Å². The normalized spacial score (nSPS) is 18.6. The third-order valence-electron chi connectivity index (χ3n) is 3.46. The Balaban J connectivity index is 2.01. The Bertz CT molecular complexity index is 200. The molecule has 16 heavy (non-hydrogen) atoms. The van der Waals surface area contributed by atoms with Crippen LogP contribution in [-0.4, -0.2) is 18.5 Å². The first-order valence-electron chi connectivity index (χ1n) is 6.74. The van der Waals surface area contributed by atoms with E-state index in [9.17, 15) is 4.79 Å². The zero-order chi connectivity index (χ0) is 11.8. The maximum atomic E-state index is 11.5. The molecule has 0 aromatic carbocycles. The Morgan fingerprint density at radius 1 is 1.44 bits per heavy atom. The lowest BCUT2D eigenvalue weighted by Gasteiger charge is -2.12. The second kappa shape index (κ2) is 7.66. The molecule has 1 aliphatic carbocycles. The molecular formula is C13H26N2O. The number of rotatable bonds is 7. The molecular weight excluding hydrogens is 200 g/mol. The molecule has 0 heterocycles. The third kappa shape index (κ3) is 5.50. The van der Waals surface area contributed by atoms with Gasteiger partial charge in [-0.1, -0.05) is 39.0 Å². The van der Waals surface area contributed by atoms with Crippen LogP contribution in [0.25, 0.3) is 0 Å². The minimum absolute atomic E-state index is 0.0384. The standard InChI is InChI=1S/C13H26N2O/c1-2-5-12(14)10-13(16)15-9-8-11-6-3-4-7-11/h11-12H,2-10,14H2,1H3,(H,15,16). The molecule has 1 fully saturated rings. The number of amides is 1. The second-order valence-corrected chi connectivity index (χ2v) is 5.04. The molecule has 0 aromatic heterocycles. The first kappa shape index (κ1) is 13.5. The van der Waals surface area contributed by atoms with Crippen molar-refractivity contribution in [2.75, 3.05) is 6.54 Å². The van der Waals surface area contributed by atoms with E-state index < -0.39 is 0 Å². The van der Waals surface area contributed by atoms with Crippen LogP contribution in [0.1, 0.15) is 58.3 Å². The van der Waals surface area contributed by atoms with E-state index in [0.717, 1.165) is 31.7 Å². The van der Waals surface area contributed by atoms with Gasteiger partial charge in [0.25, 0.3) is 0 Å². The van der Waals surface area contributed by atoms with Crippen molar-refractivity contribution in [1.82, 2.24) is 5.32 Å². The van der Waals surface area contributed by atoms with E-state index in [1.54, 1.807) is 0 Å². The van der Waals surface area contributed by atoms with Gasteiger partial charge in [0, 0.05) is 19.0 Å². The molecule has 3 N–H and O–H groups in total. The van der Waals surface area contributed by atoms with E-state index >= 15 is 0 Å². The molecule has 94 valence electrons. The lowest BCUT2D eigenvalue weighted by atomic mass is 10.0. The number of carbonyl (C=O) groups is 1. The van der Waals surface area contributed by atoms with E-state index in [-0.39, 0.29) is 11.9 Å². The summed E-state index contributed by atoms with van der Waals surface area (Å²) in [4.78, 5) is 11.5. The van der Waals surface area contributed by atoms with Gasteiger partial charge in [-0.15, -0.1) is 0 Å². The van der Waals surface area contributed by atoms with E-state index in [0.29, 0.717) is 6.42 Å². The van der Waals surface area contributed by atoms with Crippen molar-refractivity contribution < 1.29 is 4.79 Å². The summed E-state index contributed by atoms with van der Waals surface area (Å²) in [5, 5.41) is 2.98. The molecule has 1 unspecified atom stereocenters. The monoisotopic (exact) mass is 226 g/mol. The topological polar surface area (TPSA) is 55.1 Å². The molecule has 0 bridgehead atoms. The van der Waals surface area contributed by atoms with Crippen molar-refractivity contribution >= 4 is 5.91 Å². The van der Waals surface area contributed by atoms with E-state index in [2.05, 4.69) is 12.2 Å². The fraction of sp³-hybridized carbons (Fsp3) is 0.923. The summed E-state index contributed by atoms with van der Waals surface area (Å²) in [6.45, 7) is 2.93. The van der Waals surface area contributed by atoms with Crippen LogP contribution in [0.4, 0.5) is 0 Å². The predicted octanol–water partition coefficient (Wildman–Crippen LogP) is 2.20. The molecule has 1 amide bonds. The van der Waals surface area contributed by atoms with Crippen molar-refractivity contribution in [1.29, 1.82) is 0 Å². The Hall–Kier alpha value is -0.570. The summed E-state index contributed by atoms with van der Waals surface area (Å²) in [7, 11) is 0.